The summed E-state index contributed by atoms with van der Waals surface area (Å²) in [5.74, 6) is 0. The predicted molar refractivity (Wildman–Crippen MR) is 111 cm³/mol. The van der Waals surface area contributed by atoms with E-state index in [9.17, 15) is 9.59 Å². The molecule has 29 heavy (non-hydrogen) atoms. The van der Waals surface area contributed by atoms with Gasteiger partial charge >= 0.3 is 12.2 Å². The minimum Gasteiger partial charge on any atom is -0.445 e. The van der Waals surface area contributed by atoms with Crippen LogP contribution in [0.3, 0.4) is 0 Å². The molecule has 0 aromatic heterocycles. The van der Waals surface area contributed by atoms with E-state index in [0.29, 0.717) is 12.6 Å². The molecule has 0 aliphatic carbocycles. The molecule has 1 N–H and O–H groups in total. The number of hydrogen-bond acceptors (Lipinski definition) is 5. The molecule has 2 aliphatic heterocycles. The van der Waals surface area contributed by atoms with Crippen LogP contribution in [0.5, 0.6) is 0 Å². The number of hydrogen-bond donors (Lipinski definition) is 1. The molecule has 3 rings (SSSR count). The summed E-state index contributed by atoms with van der Waals surface area (Å²) in [5.41, 5.74) is 0.482. The van der Waals surface area contributed by atoms with Crippen LogP contribution in [-0.4, -0.2) is 65.3 Å². The fourth-order valence-corrected chi connectivity index (χ4v) is 4.01. The van der Waals surface area contributed by atoms with Crippen LogP contribution in [0.15, 0.2) is 30.3 Å². The lowest BCUT2D eigenvalue weighted by Crippen LogP contribution is -2.42. The van der Waals surface area contributed by atoms with Crippen molar-refractivity contribution < 1.29 is 19.1 Å². The summed E-state index contributed by atoms with van der Waals surface area (Å²) < 4.78 is 10.9. The maximum atomic E-state index is 12.4. The highest BCUT2D eigenvalue weighted by Crippen LogP contribution is 2.26. The van der Waals surface area contributed by atoms with Crippen LogP contribution in [0, 0.1) is 0 Å². The lowest BCUT2D eigenvalue weighted by Gasteiger charge is -2.27. The number of nitrogens with zero attached hydrogens (tertiary/aromatic N) is 2. The van der Waals surface area contributed by atoms with Gasteiger partial charge in [-0.3, -0.25) is 4.90 Å². The first-order valence-electron chi connectivity index (χ1n) is 10.4. The molecule has 2 saturated heterocycles. The van der Waals surface area contributed by atoms with Crippen molar-refractivity contribution in [3.63, 3.8) is 0 Å². The molecule has 2 heterocycles. The van der Waals surface area contributed by atoms with Gasteiger partial charge in [-0.05, 0) is 46.1 Å². The fraction of sp³-hybridized carbons (Fsp3) is 0.636. The van der Waals surface area contributed by atoms with Gasteiger partial charge in [0.2, 0.25) is 0 Å². The maximum absolute atomic E-state index is 12.4. The molecule has 1 aromatic rings. The average molecular weight is 404 g/mol. The van der Waals surface area contributed by atoms with E-state index in [1.807, 2.05) is 56.0 Å². The largest absolute Gasteiger partial charge is 0.445 e. The van der Waals surface area contributed by atoms with Crippen LogP contribution in [0.25, 0.3) is 0 Å². The van der Waals surface area contributed by atoms with E-state index in [4.69, 9.17) is 9.47 Å². The quantitative estimate of drug-likeness (QED) is 0.834. The second-order valence-corrected chi connectivity index (χ2v) is 9.06. The Morgan fingerprint density at radius 3 is 2.59 bits per heavy atom. The van der Waals surface area contributed by atoms with Crippen molar-refractivity contribution >= 4 is 12.2 Å². The molecule has 2 aliphatic rings. The second-order valence-electron chi connectivity index (χ2n) is 9.06. The summed E-state index contributed by atoms with van der Waals surface area (Å²) in [7, 11) is 0. The Balaban J connectivity index is 1.43. The van der Waals surface area contributed by atoms with Gasteiger partial charge in [-0.2, -0.15) is 0 Å². The second kappa shape index (κ2) is 9.03. The minimum atomic E-state index is -0.488. The van der Waals surface area contributed by atoms with Gasteiger partial charge in [0.05, 0.1) is 0 Å². The van der Waals surface area contributed by atoms with Crippen LogP contribution in [-0.2, 0) is 16.1 Å². The number of amides is 2. The molecule has 7 heteroatoms. The summed E-state index contributed by atoms with van der Waals surface area (Å²) in [6, 6.07) is 10.2. The first kappa shape index (κ1) is 21.4. The highest BCUT2D eigenvalue weighted by Gasteiger charge is 2.39. The van der Waals surface area contributed by atoms with Gasteiger partial charge in [-0.15, -0.1) is 0 Å². The number of alkyl carbamates (subject to hydrolysis) is 1. The third kappa shape index (κ3) is 6.10. The number of likely N-dealkylation sites (tertiary alicyclic amines) is 2. The Labute approximate surface area is 173 Å². The molecule has 0 spiro atoms. The molecule has 2 amide bonds. The van der Waals surface area contributed by atoms with E-state index in [1.165, 1.54) is 0 Å². The van der Waals surface area contributed by atoms with Crippen molar-refractivity contribution in [2.24, 2.45) is 0 Å². The Morgan fingerprint density at radius 2 is 1.90 bits per heavy atom. The standard InChI is InChI=1S/C22H33N3O4/c1-16-12-19(14-25(16)21(27)29-22(2,3)4)24-11-10-18(13-24)23-20(26)28-15-17-8-6-5-7-9-17/h5-9,16,18-19H,10-15H2,1-4H3,(H,23,26)/t16-,18+,19+/m1/s1. The first-order chi connectivity index (χ1) is 13.7. The van der Waals surface area contributed by atoms with Crippen molar-refractivity contribution in [2.75, 3.05) is 19.6 Å². The van der Waals surface area contributed by atoms with Crippen molar-refractivity contribution in [3.05, 3.63) is 35.9 Å². The van der Waals surface area contributed by atoms with Gasteiger partial charge in [0.1, 0.15) is 12.2 Å². The molecular formula is C22H33N3O4. The highest BCUT2D eigenvalue weighted by atomic mass is 16.6. The summed E-state index contributed by atoms with van der Waals surface area (Å²) in [5, 5.41) is 2.97. The Hall–Kier alpha value is -2.28. The van der Waals surface area contributed by atoms with Crippen molar-refractivity contribution in [2.45, 2.75) is 70.9 Å². The van der Waals surface area contributed by atoms with E-state index in [2.05, 4.69) is 17.1 Å². The van der Waals surface area contributed by atoms with Crippen LogP contribution in [0.1, 0.15) is 46.1 Å². The van der Waals surface area contributed by atoms with Gasteiger partial charge in [0, 0.05) is 37.8 Å². The smallest absolute Gasteiger partial charge is 0.410 e. The SMILES string of the molecule is C[C@@H]1C[C@H](N2CC[C@H](NC(=O)OCc3ccccc3)C2)CN1C(=O)OC(C)(C)C. The Morgan fingerprint density at radius 1 is 1.17 bits per heavy atom. The Kier molecular flexibility index (Phi) is 6.67. The number of rotatable bonds is 4. The highest BCUT2D eigenvalue weighted by molar-refractivity contribution is 5.69. The number of carbonyl (C=O) groups excluding carboxylic acids is 2. The summed E-state index contributed by atoms with van der Waals surface area (Å²) in [6.45, 7) is 10.3. The predicted octanol–water partition coefficient (Wildman–Crippen LogP) is 3.39. The van der Waals surface area contributed by atoms with E-state index >= 15 is 0 Å². The number of benzene rings is 1. The molecule has 160 valence electrons. The third-order valence-corrected chi connectivity index (χ3v) is 5.45. The van der Waals surface area contributed by atoms with E-state index < -0.39 is 5.60 Å². The van der Waals surface area contributed by atoms with Gasteiger partial charge in [0.25, 0.3) is 0 Å². The van der Waals surface area contributed by atoms with Crippen molar-refractivity contribution in [1.82, 2.24) is 15.1 Å². The lowest BCUT2D eigenvalue weighted by atomic mass is 10.2. The zero-order valence-electron chi connectivity index (χ0n) is 17.9. The molecule has 7 nitrogen and oxygen atoms in total. The summed E-state index contributed by atoms with van der Waals surface area (Å²) in [4.78, 5) is 28.7. The van der Waals surface area contributed by atoms with Gasteiger partial charge in [-0.1, -0.05) is 30.3 Å². The number of carbonyl (C=O) groups is 2. The summed E-state index contributed by atoms with van der Waals surface area (Å²) in [6.07, 6.45) is 1.18. The van der Waals surface area contributed by atoms with Crippen LogP contribution in [0.4, 0.5) is 9.59 Å². The van der Waals surface area contributed by atoms with Gasteiger partial charge in [0.15, 0.2) is 0 Å². The Bertz CT molecular complexity index is 704. The van der Waals surface area contributed by atoms with Gasteiger partial charge in [-0.25, -0.2) is 9.59 Å². The fourth-order valence-electron chi connectivity index (χ4n) is 4.01. The minimum absolute atomic E-state index is 0.0733. The van der Waals surface area contributed by atoms with Crippen molar-refractivity contribution in [3.8, 4) is 0 Å². The molecule has 0 radical (unpaired) electrons. The molecule has 0 bridgehead atoms. The molecular weight excluding hydrogens is 370 g/mol. The molecule has 2 fully saturated rings. The van der Waals surface area contributed by atoms with Crippen molar-refractivity contribution in [1.29, 1.82) is 0 Å². The number of nitrogens with one attached hydrogen (secondary N) is 1. The van der Waals surface area contributed by atoms with Crippen LogP contribution >= 0.6 is 0 Å². The van der Waals surface area contributed by atoms with Crippen LogP contribution < -0.4 is 5.32 Å². The first-order valence-corrected chi connectivity index (χ1v) is 10.4. The monoisotopic (exact) mass is 403 g/mol. The van der Waals surface area contributed by atoms with E-state index in [0.717, 1.165) is 31.5 Å². The zero-order chi connectivity index (χ0) is 21.0. The number of ether oxygens (including phenoxy) is 2. The normalized spacial score (nSPS) is 25.1. The summed E-state index contributed by atoms with van der Waals surface area (Å²) >= 11 is 0. The molecule has 0 unspecified atom stereocenters. The average Bonchev–Trinajstić information content (AvgIpc) is 3.26. The maximum Gasteiger partial charge on any atom is 0.410 e. The molecule has 1 aromatic carbocycles. The topological polar surface area (TPSA) is 71.1 Å². The molecule has 0 saturated carbocycles. The van der Waals surface area contributed by atoms with E-state index in [-0.39, 0.29) is 30.9 Å². The molecule has 3 atom stereocenters. The lowest BCUT2D eigenvalue weighted by molar-refractivity contribution is 0.0229. The van der Waals surface area contributed by atoms with Crippen LogP contribution in [0.2, 0.25) is 0 Å². The van der Waals surface area contributed by atoms with Gasteiger partial charge < -0.3 is 19.7 Å². The third-order valence-electron chi connectivity index (χ3n) is 5.45. The van der Waals surface area contributed by atoms with E-state index in [1.54, 1.807) is 0 Å². The zero-order valence-corrected chi connectivity index (χ0v) is 17.9.